The predicted molar refractivity (Wildman–Crippen MR) is 103 cm³/mol. The molecule has 0 spiro atoms. The largest absolute Gasteiger partial charge is 0.468 e. The Kier molecular flexibility index (Phi) is 4.29. The highest BCUT2D eigenvalue weighted by atomic mass is 16.5. The van der Waals surface area contributed by atoms with Crippen LogP contribution in [0.5, 0.6) is 0 Å². The van der Waals surface area contributed by atoms with Crippen LogP contribution in [0.3, 0.4) is 0 Å². The number of methoxy groups -OCH3 is 1. The first-order chi connectivity index (χ1) is 12.6. The summed E-state index contributed by atoms with van der Waals surface area (Å²) in [5.74, 6) is 0.277. The third-order valence-electron chi connectivity index (χ3n) is 5.33. The number of hydrogen-bond acceptors (Lipinski definition) is 3. The van der Waals surface area contributed by atoms with Crippen LogP contribution in [0.1, 0.15) is 48.2 Å². The summed E-state index contributed by atoms with van der Waals surface area (Å²) in [4.78, 5) is 15.8. The molecule has 0 saturated heterocycles. The second-order valence-electron chi connectivity index (χ2n) is 7.26. The quantitative estimate of drug-likeness (QED) is 0.702. The highest BCUT2D eigenvalue weighted by Gasteiger charge is 2.34. The molecule has 0 fully saturated rings. The Morgan fingerprint density at radius 1 is 1.12 bits per heavy atom. The third kappa shape index (κ3) is 2.80. The maximum atomic E-state index is 12.3. The molecule has 4 heteroatoms. The van der Waals surface area contributed by atoms with E-state index in [0.29, 0.717) is 12.3 Å². The van der Waals surface area contributed by atoms with E-state index in [4.69, 9.17) is 4.74 Å². The van der Waals surface area contributed by atoms with E-state index in [2.05, 4.69) is 60.5 Å². The van der Waals surface area contributed by atoms with Gasteiger partial charge in [0.05, 0.1) is 13.2 Å². The lowest BCUT2D eigenvalue weighted by atomic mass is 9.89. The lowest BCUT2D eigenvalue weighted by molar-refractivity contribution is -0.143. The smallest absolute Gasteiger partial charge is 0.323 e. The first-order valence-electron chi connectivity index (χ1n) is 9.11. The Morgan fingerprint density at radius 2 is 1.85 bits per heavy atom. The second-order valence-corrected chi connectivity index (χ2v) is 7.26. The van der Waals surface area contributed by atoms with Gasteiger partial charge in [0.1, 0.15) is 6.04 Å². The Balaban J connectivity index is 1.81. The normalized spacial score (nSPS) is 19.5. The first kappa shape index (κ1) is 16.9. The van der Waals surface area contributed by atoms with Crippen LogP contribution in [-0.4, -0.2) is 24.1 Å². The summed E-state index contributed by atoms with van der Waals surface area (Å²) in [7, 11) is 1.45. The fraction of sp³-hybridized carbons (Fsp3) is 0.318. The molecular weight excluding hydrogens is 324 g/mol. The molecule has 4 nitrogen and oxygen atoms in total. The van der Waals surface area contributed by atoms with Crippen LogP contribution >= 0.6 is 0 Å². The minimum absolute atomic E-state index is 0.0588. The number of para-hydroxylation sites is 1. The summed E-state index contributed by atoms with van der Waals surface area (Å²) in [6.07, 6.45) is 0.632. The van der Waals surface area contributed by atoms with Crippen LogP contribution in [0.4, 0.5) is 0 Å². The van der Waals surface area contributed by atoms with Crippen LogP contribution in [-0.2, 0) is 16.0 Å². The van der Waals surface area contributed by atoms with Crippen LogP contribution in [0.25, 0.3) is 10.9 Å². The number of benzene rings is 2. The van der Waals surface area contributed by atoms with Gasteiger partial charge in [0, 0.05) is 23.0 Å². The van der Waals surface area contributed by atoms with Gasteiger partial charge in [0.15, 0.2) is 0 Å². The second kappa shape index (κ2) is 6.61. The van der Waals surface area contributed by atoms with Gasteiger partial charge in [-0.3, -0.25) is 10.1 Å². The van der Waals surface area contributed by atoms with Crippen LogP contribution < -0.4 is 5.32 Å². The van der Waals surface area contributed by atoms with E-state index >= 15 is 0 Å². The lowest BCUT2D eigenvalue weighted by Crippen LogP contribution is -2.45. The van der Waals surface area contributed by atoms with E-state index in [1.165, 1.54) is 23.6 Å². The molecule has 2 unspecified atom stereocenters. The summed E-state index contributed by atoms with van der Waals surface area (Å²) >= 11 is 0. The summed E-state index contributed by atoms with van der Waals surface area (Å²) in [5.41, 5.74) is 5.91. The minimum Gasteiger partial charge on any atom is -0.468 e. The number of fused-ring (bicyclic) bond motifs is 3. The molecule has 2 N–H and O–H groups in total. The van der Waals surface area contributed by atoms with Crippen molar-refractivity contribution in [1.29, 1.82) is 0 Å². The number of esters is 1. The number of H-pyrrole nitrogens is 1. The highest BCUT2D eigenvalue weighted by Crippen LogP contribution is 2.35. The molecule has 1 aliphatic rings. The van der Waals surface area contributed by atoms with Gasteiger partial charge in [-0.05, 0) is 28.7 Å². The van der Waals surface area contributed by atoms with Crippen LogP contribution in [0, 0.1) is 0 Å². The Labute approximate surface area is 153 Å². The summed E-state index contributed by atoms with van der Waals surface area (Å²) in [6, 6.07) is 16.5. The maximum Gasteiger partial charge on any atom is 0.323 e. The number of hydrogen-bond donors (Lipinski definition) is 2. The summed E-state index contributed by atoms with van der Waals surface area (Å²) in [5, 5.41) is 4.66. The molecule has 2 heterocycles. The first-order valence-corrected chi connectivity index (χ1v) is 9.11. The summed E-state index contributed by atoms with van der Waals surface area (Å²) < 4.78 is 5.02. The standard InChI is InChI=1S/C22H24N2O2/c1-13(2)14-8-10-15(11-9-14)20-21-17(12-19(24-20)22(25)26-3)16-6-4-5-7-18(16)23-21/h4-11,13,19-20,23-24H,12H2,1-3H3. The van der Waals surface area contributed by atoms with E-state index in [9.17, 15) is 4.79 Å². The van der Waals surface area contributed by atoms with Gasteiger partial charge in [-0.2, -0.15) is 0 Å². The molecule has 0 aliphatic carbocycles. The van der Waals surface area contributed by atoms with Crippen LogP contribution in [0.2, 0.25) is 0 Å². The molecule has 0 radical (unpaired) electrons. The van der Waals surface area contributed by atoms with Gasteiger partial charge in [-0.15, -0.1) is 0 Å². The Hall–Kier alpha value is -2.59. The number of carbonyl (C=O) groups is 1. The molecule has 4 rings (SSSR count). The third-order valence-corrected chi connectivity index (χ3v) is 5.33. The molecule has 134 valence electrons. The van der Waals surface area contributed by atoms with Gasteiger partial charge in [-0.1, -0.05) is 56.3 Å². The van der Waals surface area contributed by atoms with Crippen molar-refractivity contribution < 1.29 is 9.53 Å². The molecule has 2 atom stereocenters. The zero-order valence-electron chi connectivity index (χ0n) is 15.4. The predicted octanol–water partition coefficient (Wildman–Crippen LogP) is 4.07. The number of aromatic amines is 1. The Bertz CT molecular complexity index is 940. The topological polar surface area (TPSA) is 54.1 Å². The summed E-state index contributed by atoms with van der Waals surface area (Å²) in [6.45, 7) is 4.38. The van der Waals surface area contributed by atoms with E-state index in [1.54, 1.807) is 0 Å². The lowest BCUT2D eigenvalue weighted by Gasteiger charge is -2.30. The van der Waals surface area contributed by atoms with Gasteiger partial charge >= 0.3 is 5.97 Å². The zero-order chi connectivity index (χ0) is 18.3. The molecule has 1 aromatic heterocycles. The average Bonchev–Trinajstić information content (AvgIpc) is 3.05. The van der Waals surface area contributed by atoms with Crippen molar-refractivity contribution in [1.82, 2.24) is 10.3 Å². The highest BCUT2D eigenvalue weighted by molar-refractivity contribution is 5.87. The molecule has 2 aromatic carbocycles. The average molecular weight is 348 g/mol. The van der Waals surface area contributed by atoms with Crippen molar-refractivity contribution in [2.45, 2.75) is 38.3 Å². The van der Waals surface area contributed by atoms with Crippen molar-refractivity contribution in [2.75, 3.05) is 7.11 Å². The number of rotatable bonds is 3. The van der Waals surface area contributed by atoms with Gasteiger partial charge in [0.25, 0.3) is 0 Å². The fourth-order valence-corrected chi connectivity index (χ4v) is 3.86. The number of nitrogens with one attached hydrogen (secondary N) is 2. The molecule has 0 saturated carbocycles. The van der Waals surface area contributed by atoms with E-state index in [0.717, 1.165) is 16.8 Å². The van der Waals surface area contributed by atoms with E-state index in [1.807, 2.05) is 12.1 Å². The number of aromatic nitrogens is 1. The minimum atomic E-state index is -0.346. The maximum absolute atomic E-state index is 12.3. The van der Waals surface area contributed by atoms with Crippen LogP contribution in [0.15, 0.2) is 48.5 Å². The molecule has 0 bridgehead atoms. The van der Waals surface area contributed by atoms with E-state index < -0.39 is 0 Å². The van der Waals surface area contributed by atoms with Crippen molar-refractivity contribution in [3.8, 4) is 0 Å². The zero-order valence-corrected chi connectivity index (χ0v) is 15.4. The monoisotopic (exact) mass is 348 g/mol. The molecular formula is C22H24N2O2. The van der Waals surface area contributed by atoms with Gasteiger partial charge in [0.2, 0.25) is 0 Å². The van der Waals surface area contributed by atoms with Crippen molar-refractivity contribution in [2.24, 2.45) is 0 Å². The number of ether oxygens (including phenoxy) is 1. The van der Waals surface area contributed by atoms with Gasteiger partial charge in [-0.25, -0.2) is 0 Å². The molecule has 0 amide bonds. The van der Waals surface area contributed by atoms with Crippen molar-refractivity contribution in [3.05, 3.63) is 70.9 Å². The van der Waals surface area contributed by atoms with Crippen molar-refractivity contribution in [3.63, 3.8) is 0 Å². The molecule has 26 heavy (non-hydrogen) atoms. The van der Waals surface area contributed by atoms with E-state index in [-0.39, 0.29) is 18.1 Å². The SMILES string of the molecule is COC(=O)C1Cc2c([nH]c3ccccc23)C(c2ccc(C(C)C)cc2)N1. The Morgan fingerprint density at radius 3 is 2.54 bits per heavy atom. The number of carbonyl (C=O) groups excluding carboxylic acids is 1. The molecule has 1 aliphatic heterocycles. The van der Waals surface area contributed by atoms with Gasteiger partial charge < -0.3 is 9.72 Å². The molecule has 3 aromatic rings. The van der Waals surface area contributed by atoms with Crippen molar-refractivity contribution >= 4 is 16.9 Å². The fourth-order valence-electron chi connectivity index (χ4n) is 3.86.